The van der Waals surface area contributed by atoms with Gasteiger partial charge in [-0.2, -0.15) is 0 Å². The van der Waals surface area contributed by atoms with Gasteiger partial charge in [0, 0.05) is 6.20 Å². The Morgan fingerprint density at radius 1 is 1.10 bits per heavy atom. The van der Waals surface area contributed by atoms with Crippen LogP contribution in [0.3, 0.4) is 0 Å². The maximum Gasteiger partial charge on any atom is 0.240 e. The second-order valence-corrected chi connectivity index (χ2v) is 6.66. The number of nitrogens with one attached hydrogen (secondary N) is 1. The van der Waals surface area contributed by atoms with Gasteiger partial charge in [-0.05, 0) is 42.7 Å². The van der Waals surface area contributed by atoms with Crippen LogP contribution in [-0.2, 0) is 23.0 Å². The van der Waals surface area contributed by atoms with Crippen LogP contribution in [-0.4, -0.2) is 13.4 Å². The van der Waals surface area contributed by atoms with Gasteiger partial charge in [-0.1, -0.05) is 31.5 Å². The van der Waals surface area contributed by atoms with Crippen LogP contribution in [0.4, 0.5) is 0 Å². The SMILES string of the molecule is CCCCc1ccc(S(=O)(=O)NCc2ccccn2)cc1. The van der Waals surface area contributed by atoms with Crippen molar-refractivity contribution in [3.8, 4) is 0 Å². The first-order valence-corrected chi connectivity index (χ1v) is 8.58. The van der Waals surface area contributed by atoms with Crippen LogP contribution < -0.4 is 4.72 Å². The Balaban J connectivity index is 2.02. The number of nitrogens with zero attached hydrogens (tertiary/aromatic N) is 1. The van der Waals surface area contributed by atoms with E-state index < -0.39 is 10.0 Å². The third kappa shape index (κ3) is 4.65. The summed E-state index contributed by atoms with van der Waals surface area (Å²) in [6.45, 7) is 2.33. The molecule has 1 aromatic heterocycles. The van der Waals surface area contributed by atoms with E-state index in [1.807, 2.05) is 18.2 Å². The Morgan fingerprint density at radius 2 is 1.86 bits per heavy atom. The number of sulfonamides is 1. The molecule has 0 aliphatic heterocycles. The van der Waals surface area contributed by atoms with Crippen molar-refractivity contribution in [1.29, 1.82) is 0 Å². The summed E-state index contributed by atoms with van der Waals surface area (Å²) in [5, 5.41) is 0. The zero-order valence-corrected chi connectivity index (χ0v) is 12.9. The number of pyridine rings is 1. The van der Waals surface area contributed by atoms with E-state index in [0.29, 0.717) is 10.6 Å². The van der Waals surface area contributed by atoms with Gasteiger partial charge in [0.2, 0.25) is 10.0 Å². The number of hydrogen-bond donors (Lipinski definition) is 1. The molecule has 0 radical (unpaired) electrons. The Hall–Kier alpha value is -1.72. The minimum Gasteiger partial charge on any atom is -0.260 e. The number of unbranched alkanes of at least 4 members (excludes halogenated alkanes) is 1. The highest BCUT2D eigenvalue weighted by Gasteiger charge is 2.13. The van der Waals surface area contributed by atoms with E-state index in [1.54, 1.807) is 30.5 Å². The summed E-state index contributed by atoms with van der Waals surface area (Å²) in [6.07, 6.45) is 4.88. The molecule has 2 rings (SSSR count). The number of benzene rings is 1. The third-order valence-electron chi connectivity index (χ3n) is 3.22. The van der Waals surface area contributed by atoms with Crippen molar-refractivity contribution >= 4 is 10.0 Å². The molecule has 2 aromatic rings. The van der Waals surface area contributed by atoms with Gasteiger partial charge < -0.3 is 0 Å². The molecule has 1 N–H and O–H groups in total. The van der Waals surface area contributed by atoms with E-state index >= 15 is 0 Å². The third-order valence-corrected chi connectivity index (χ3v) is 4.64. The maximum atomic E-state index is 12.2. The lowest BCUT2D eigenvalue weighted by atomic mass is 10.1. The van der Waals surface area contributed by atoms with Crippen LogP contribution in [0, 0.1) is 0 Å². The predicted octanol–water partition coefficient (Wildman–Crippen LogP) is 2.90. The standard InChI is InChI=1S/C16H20N2O2S/c1-2-3-6-14-8-10-16(11-9-14)21(19,20)18-13-15-7-4-5-12-17-15/h4-5,7-12,18H,2-3,6,13H2,1H3. The second-order valence-electron chi connectivity index (χ2n) is 4.89. The molecule has 5 heteroatoms. The van der Waals surface area contributed by atoms with E-state index in [1.165, 1.54) is 5.56 Å². The van der Waals surface area contributed by atoms with Gasteiger partial charge >= 0.3 is 0 Å². The van der Waals surface area contributed by atoms with Gasteiger partial charge in [0.25, 0.3) is 0 Å². The fourth-order valence-corrected chi connectivity index (χ4v) is 2.97. The van der Waals surface area contributed by atoms with Crippen LogP contribution in [0.15, 0.2) is 53.6 Å². The molecule has 4 nitrogen and oxygen atoms in total. The molecule has 0 amide bonds. The van der Waals surface area contributed by atoms with E-state index in [4.69, 9.17) is 0 Å². The van der Waals surface area contributed by atoms with Gasteiger partial charge in [-0.25, -0.2) is 13.1 Å². The highest BCUT2D eigenvalue weighted by Crippen LogP contribution is 2.12. The van der Waals surface area contributed by atoms with Crippen molar-refractivity contribution in [2.75, 3.05) is 0 Å². The van der Waals surface area contributed by atoms with Gasteiger partial charge in [0.1, 0.15) is 0 Å². The lowest BCUT2D eigenvalue weighted by Gasteiger charge is -2.07. The van der Waals surface area contributed by atoms with Gasteiger partial charge in [0.05, 0.1) is 17.1 Å². The fourth-order valence-electron chi connectivity index (χ4n) is 1.97. The van der Waals surface area contributed by atoms with E-state index in [-0.39, 0.29) is 6.54 Å². The zero-order chi connectivity index (χ0) is 15.1. The fraction of sp³-hybridized carbons (Fsp3) is 0.312. The molecular weight excluding hydrogens is 284 g/mol. The van der Waals surface area contributed by atoms with Gasteiger partial charge in [0.15, 0.2) is 0 Å². The lowest BCUT2D eigenvalue weighted by molar-refractivity contribution is 0.580. The molecule has 0 saturated carbocycles. The molecule has 0 atom stereocenters. The first-order chi connectivity index (χ1) is 10.1. The van der Waals surface area contributed by atoms with Crippen molar-refractivity contribution in [3.05, 3.63) is 59.9 Å². The smallest absolute Gasteiger partial charge is 0.240 e. The van der Waals surface area contributed by atoms with Crippen LogP contribution >= 0.6 is 0 Å². The molecule has 0 spiro atoms. The Bertz CT molecular complexity index is 652. The second kappa shape index (κ2) is 7.33. The van der Waals surface area contributed by atoms with Gasteiger partial charge in [-0.3, -0.25) is 4.98 Å². The largest absolute Gasteiger partial charge is 0.260 e. The number of hydrogen-bond acceptors (Lipinski definition) is 3. The molecule has 112 valence electrons. The summed E-state index contributed by atoms with van der Waals surface area (Å²) in [5.41, 5.74) is 1.86. The molecule has 1 aromatic carbocycles. The highest BCUT2D eigenvalue weighted by atomic mass is 32.2. The Kier molecular flexibility index (Phi) is 5.47. The van der Waals surface area contributed by atoms with Crippen molar-refractivity contribution in [2.24, 2.45) is 0 Å². The molecule has 0 aliphatic rings. The molecule has 21 heavy (non-hydrogen) atoms. The van der Waals surface area contributed by atoms with Crippen molar-refractivity contribution in [2.45, 2.75) is 37.6 Å². The average Bonchev–Trinajstić information content (AvgIpc) is 2.52. The molecule has 0 fully saturated rings. The highest BCUT2D eigenvalue weighted by molar-refractivity contribution is 7.89. The molecule has 1 heterocycles. The topological polar surface area (TPSA) is 59.1 Å². The van der Waals surface area contributed by atoms with Crippen LogP contribution in [0.25, 0.3) is 0 Å². The molecule has 0 saturated heterocycles. The minimum absolute atomic E-state index is 0.195. The normalized spacial score (nSPS) is 11.5. The minimum atomic E-state index is -3.49. The molecule has 0 unspecified atom stereocenters. The van der Waals surface area contributed by atoms with Crippen LogP contribution in [0.1, 0.15) is 31.0 Å². The number of aryl methyl sites for hydroxylation is 1. The quantitative estimate of drug-likeness (QED) is 0.855. The zero-order valence-electron chi connectivity index (χ0n) is 12.1. The summed E-state index contributed by atoms with van der Waals surface area (Å²) >= 11 is 0. The lowest BCUT2D eigenvalue weighted by Crippen LogP contribution is -2.23. The number of rotatable bonds is 7. The van der Waals surface area contributed by atoms with Crippen LogP contribution in [0.5, 0.6) is 0 Å². The van der Waals surface area contributed by atoms with Crippen molar-refractivity contribution in [3.63, 3.8) is 0 Å². The maximum absolute atomic E-state index is 12.2. The number of aromatic nitrogens is 1. The molecular formula is C16H20N2O2S. The first-order valence-electron chi connectivity index (χ1n) is 7.10. The average molecular weight is 304 g/mol. The van der Waals surface area contributed by atoms with E-state index in [9.17, 15) is 8.42 Å². The van der Waals surface area contributed by atoms with Gasteiger partial charge in [-0.15, -0.1) is 0 Å². The first kappa shape index (κ1) is 15.7. The van der Waals surface area contributed by atoms with Crippen molar-refractivity contribution < 1.29 is 8.42 Å². The molecule has 0 bridgehead atoms. The summed E-state index contributed by atoms with van der Waals surface area (Å²) in [4.78, 5) is 4.39. The summed E-state index contributed by atoms with van der Waals surface area (Å²) in [6, 6.07) is 12.5. The van der Waals surface area contributed by atoms with Crippen molar-refractivity contribution in [1.82, 2.24) is 9.71 Å². The molecule has 0 aliphatic carbocycles. The monoisotopic (exact) mass is 304 g/mol. The summed E-state index contributed by atoms with van der Waals surface area (Å²) in [7, 11) is -3.49. The Morgan fingerprint density at radius 3 is 2.48 bits per heavy atom. The Labute approximate surface area is 126 Å². The summed E-state index contributed by atoms with van der Waals surface area (Å²) in [5.74, 6) is 0. The van der Waals surface area contributed by atoms with E-state index in [0.717, 1.165) is 19.3 Å². The van der Waals surface area contributed by atoms with Crippen LogP contribution in [0.2, 0.25) is 0 Å². The van der Waals surface area contributed by atoms with E-state index in [2.05, 4.69) is 16.6 Å². The predicted molar refractivity (Wildman–Crippen MR) is 83.3 cm³/mol. The summed E-state index contributed by atoms with van der Waals surface area (Å²) < 4.78 is 26.9.